The van der Waals surface area contributed by atoms with E-state index in [1.807, 2.05) is 0 Å². The molecule has 2 N–H and O–H groups in total. The molecule has 0 radical (unpaired) electrons. The van der Waals surface area contributed by atoms with Gasteiger partial charge in [0.25, 0.3) is 11.6 Å². The molecule has 6 heteroatoms. The first-order chi connectivity index (χ1) is 8.51. The highest BCUT2D eigenvalue weighted by Crippen LogP contribution is 2.40. The summed E-state index contributed by atoms with van der Waals surface area (Å²) in [4.78, 5) is 24.3. The van der Waals surface area contributed by atoms with Crippen molar-refractivity contribution in [3.05, 3.63) is 35.4 Å². The van der Waals surface area contributed by atoms with Gasteiger partial charge in [-0.2, -0.15) is 0 Å². The van der Waals surface area contributed by atoms with E-state index >= 15 is 0 Å². The summed E-state index contributed by atoms with van der Waals surface area (Å²) in [5, 5.41) is 20.3. The molecule has 0 saturated carbocycles. The van der Waals surface area contributed by atoms with Crippen molar-refractivity contribution in [1.29, 1.82) is 0 Å². The number of ether oxygens (including phenoxy) is 2. The molecule has 2 atom stereocenters. The van der Waals surface area contributed by atoms with Crippen LogP contribution in [0.3, 0.4) is 0 Å². The maximum absolute atomic E-state index is 12.2. The maximum Gasteiger partial charge on any atom is 0.295 e. The van der Waals surface area contributed by atoms with Crippen molar-refractivity contribution in [3.63, 3.8) is 0 Å². The second kappa shape index (κ2) is 3.46. The van der Waals surface area contributed by atoms with E-state index in [0.717, 1.165) is 0 Å². The molecule has 6 nitrogen and oxygen atoms in total. The van der Waals surface area contributed by atoms with Gasteiger partial charge in [0.2, 0.25) is 11.6 Å². The quantitative estimate of drug-likeness (QED) is 0.644. The number of Topliss-reactive ketones (excluding diaryl/α,β-unsaturated/α-hetero) is 2. The first-order valence-electron chi connectivity index (χ1n) is 5.42. The lowest BCUT2D eigenvalue weighted by Crippen LogP contribution is -2.71. The van der Waals surface area contributed by atoms with E-state index in [-0.39, 0.29) is 24.3 Å². The summed E-state index contributed by atoms with van der Waals surface area (Å²) in [5.74, 6) is -7.09. The molecular weight excluding hydrogens is 240 g/mol. The lowest BCUT2D eigenvalue weighted by molar-refractivity contribution is -0.366. The fourth-order valence-corrected chi connectivity index (χ4v) is 2.26. The molecule has 0 spiro atoms. The van der Waals surface area contributed by atoms with Gasteiger partial charge >= 0.3 is 0 Å². The Bertz CT molecular complexity index is 504. The van der Waals surface area contributed by atoms with E-state index in [0.29, 0.717) is 0 Å². The van der Waals surface area contributed by atoms with E-state index in [2.05, 4.69) is 0 Å². The van der Waals surface area contributed by atoms with E-state index in [4.69, 9.17) is 9.47 Å². The zero-order chi connectivity index (χ0) is 13.0. The fraction of sp³-hybridized carbons (Fsp3) is 0.333. The number of ketones is 2. The standard InChI is InChI=1S/C12H10O6/c13-9-7-3-1-2-4-8(7)10(14)12(16)11(9,15)17-5-6-18-12/h1-4,15-16H,5-6H2/t11-,12-/m0/s1. The van der Waals surface area contributed by atoms with Crippen molar-refractivity contribution in [3.8, 4) is 0 Å². The van der Waals surface area contributed by atoms with Gasteiger partial charge in [-0.25, -0.2) is 0 Å². The summed E-state index contributed by atoms with van der Waals surface area (Å²) in [7, 11) is 0. The van der Waals surface area contributed by atoms with Crippen LogP contribution >= 0.6 is 0 Å². The van der Waals surface area contributed by atoms with Crippen LogP contribution in [0, 0.1) is 0 Å². The van der Waals surface area contributed by atoms with Crippen molar-refractivity contribution in [2.45, 2.75) is 11.6 Å². The minimum atomic E-state index is -2.67. The number of rotatable bonds is 0. The molecule has 1 aliphatic carbocycles. The molecule has 2 aliphatic rings. The van der Waals surface area contributed by atoms with E-state index in [1.165, 1.54) is 12.1 Å². The number of aliphatic hydroxyl groups is 2. The molecule has 3 rings (SSSR count). The zero-order valence-corrected chi connectivity index (χ0v) is 9.25. The van der Waals surface area contributed by atoms with Crippen LogP contribution in [0.4, 0.5) is 0 Å². The third-order valence-corrected chi connectivity index (χ3v) is 3.20. The largest absolute Gasteiger partial charge is 0.355 e. The van der Waals surface area contributed by atoms with Crippen molar-refractivity contribution >= 4 is 11.6 Å². The van der Waals surface area contributed by atoms with Gasteiger partial charge in [0.05, 0.1) is 13.2 Å². The van der Waals surface area contributed by atoms with Crippen LogP contribution in [0.25, 0.3) is 0 Å². The van der Waals surface area contributed by atoms with E-state index in [1.54, 1.807) is 12.1 Å². The predicted molar refractivity (Wildman–Crippen MR) is 56.9 cm³/mol. The summed E-state index contributed by atoms with van der Waals surface area (Å²) in [5.41, 5.74) is 0.0281. The Morgan fingerprint density at radius 2 is 1.28 bits per heavy atom. The molecule has 1 aliphatic heterocycles. The molecule has 94 valence electrons. The van der Waals surface area contributed by atoms with Crippen LogP contribution in [0.2, 0.25) is 0 Å². The number of benzene rings is 1. The van der Waals surface area contributed by atoms with Gasteiger partial charge in [0.15, 0.2) is 0 Å². The van der Waals surface area contributed by atoms with Crippen molar-refractivity contribution in [2.75, 3.05) is 13.2 Å². The van der Waals surface area contributed by atoms with Gasteiger partial charge < -0.3 is 19.7 Å². The van der Waals surface area contributed by atoms with Crippen LogP contribution in [0.5, 0.6) is 0 Å². The lowest BCUT2D eigenvalue weighted by atomic mass is 9.80. The maximum atomic E-state index is 12.2. The number of carbonyl (C=O) groups excluding carboxylic acids is 2. The second-order valence-electron chi connectivity index (χ2n) is 4.19. The Morgan fingerprint density at radius 1 is 0.889 bits per heavy atom. The molecule has 18 heavy (non-hydrogen) atoms. The topological polar surface area (TPSA) is 93.1 Å². The first kappa shape index (κ1) is 11.5. The van der Waals surface area contributed by atoms with Gasteiger partial charge in [-0.05, 0) is 0 Å². The summed E-state index contributed by atoms with van der Waals surface area (Å²) in [6.07, 6.45) is 0. The smallest absolute Gasteiger partial charge is 0.295 e. The van der Waals surface area contributed by atoms with Crippen molar-refractivity contribution in [1.82, 2.24) is 0 Å². The summed E-state index contributed by atoms with van der Waals surface area (Å²) >= 11 is 0. The van der Waals surface area contributed by atoms with Crippen LogP contribution in [-0.2, 0) is 9.47 Å². The Morgan fingerprint density at radius 3 is 1.67 bits per heavy atom. The Hall–Kier alpha value is -1.60. The Labute approximate surface area is 102 Å². The van der Waals surface area contributed by atoms with Crippen molar-refractivity contribution < 1.29 is 29.3 Å². The first-order valence-corrected chi connectivity index (χ1v) is 5.42. The highest BCUT2D eigenvalue weighted by atomic mass is 16.7. The molecule has 1 saturated heterocycles. The van der Waals surface area contributed by atoms with E-state index in [9.17, 15) is 19.8 Å². The fourth-order valence-electron chi connectivity index (χ4n) is 2.26. The summed E-state index contributed by atoms with van der Waals surface area (Å²) in [6, 6.07) is 5.90. The molecule has 0 amide bonds. The number of fused-ring (bicyclic) bond motifs is 2. The minimum Gasteiger partial charge on any atom is -0.355 e. The SMILES string of the molecule is O=C1c2ccccc2C(=O)[C@]2(O)OCCO[C@@]12O. The highest BCUT2D eigenvalue weighted by Gasteiger charge is 2.67. The summed E-state index contributed by atoms with van der Waals surface area (Å²) < 4.78 is 9.84. The molecule has 1 fully saturated rings. The average Bonchev–Trinajstić information content (AvgIpc) is 2.39. The molecule has 1 aromatic rings. The highest BCUT2D eigenvalue weighted by molar-refractivity contribution is 6.20. The molecule has 1 heterocycles. The van der Waals surface area contributed by atoms with E-state index < -0.39 is 23.1 Å². The Balaban J connectivity index is 2.27. The van der Waals surface area contributed by atoms with Crippen LogP contribution in [0.15, 0.2) is 24.3 Å². The Kier molecular flexibility index (Phi) is 2.21. The van der Waals surface area contributed by atoms with Gasteiger partial charge in [0.1, 0.15) is 0 Å². The van der Waals surface area contributed by atoms with Crippen molar-refractivity contribution in [2.24, 2.45) is 0 Å². The predicted octanol–water partition coefficient (Wildman–Crippen LogP) is -0.510. The number of carbonyl (C=O) groups is 2. The monoisotopic (exact) mass is 250 g/mol. The average molecular weight is 250 g/mol. The van der Waals surface area contributed by atoms with Gasteiger partial charge in [-0.1, -0.05) is 24.3 Å². The minimum absolute atomic E-state index is 0.0141. The van der Waals surface area contributed by atoms with Gasteiger partial charge in [-0.3, -0.25) is 9.59 Å². The van der Waals surface area contributed by atoms with Crippen LogP contribution in [0.1, 0.15) is 20.7 Å². The summed E-state index contributed by atoms with van der Waals surface area (Å²) in [6.45, 7) is -0.167. The van der Waals surface area contributed by atoms with Crippen LogP contribution in [-0.4, -0.2) is 46.6 Å². The molecule has 0 unspecified atom stereocenters. The molecule has 0 bridgehead atoms. The van der Waals surface area contributed by atoms with Gasteiger partial charge in [-0.15, -0.1) is 0 Å². The number of hydrogen-bond donors (Lipinski definition) is 2. The third kappa shape index (κ3) is 1.15. The zero-order valence-electron chi connectivity index (χ0n) is 9.25. The lowest BCUT2D eigenvalue weighted by Gasteiger charge is -2.45. The molecular formula is C12H10O6. The number of hydrogen-bond acceptors (Lipinski definition) is 6. The van der Waals surface area contributed by atoms with Crippen LogP contribution < -0.4 is 0 Å². The molecule has 0 aromatic heterocycles. The second-order valence-corrected chi connectivity index (χ2v) is 4.19. The normalized spacial score (nSPS) is 35.0. The van der Waals surface area contributed by atoms with Gasteiger partial charge in [0, 0.05) is 11.1 Å². The third-order valence-electron chi connectivity index (χ3n) is 3.20. The molecule has 1 aromatic carbocycles.